The van der Waals surface area contributed by atoms with E-state index >= 15 is 0 Å². The molecule has 0 heterocycles. The highest BCUT2D eigenvalue weighted by atomic mass is 14.4. The second-order valence-electron chi connectivity index (χ2n) is 6.30. The summed E-state index contributed by atoms with van der Waals surface area (Å²) in [6.07, 6.45) is 0. The van der Waals surface area contributed by atoms with Crippen molar-refractivity contribution >= 4 is 0 Å². The van der Waals surface area contributed by atoms with Crippen molar-refractivity contribution in [1.29, 1.82) is 0 Å². The molecule has 1 aliphatic carbocycles. The Kier molecular flexibility index (Phi) is 1.59. The van der Waals surface area contributed by atoms with Gasteiger partial charge in [-0.05, 0) is 41.7 Å². The first kappa shape index (κ1) is 8.02. The fourth-order valence-electron chi connectivity index (χ4n) is 3.66. The molecule has 1 aliphatic rings. The Morgan fingerprint density at radius 1 is 0.850 bits per heavy atom. The number of hydrogen-bond donors (Lipinski definition) is 0. The molecule has 0 aromatic heterocycles. The summed E-state index contributed by atoms with van der Waals surface area (Å²) in [4.78, 5) is 0. The third-order valence-electron chi connectivity index (χ3n) is 4.52. The van der Waals surface area contributed by atoms with Crippen LogP contribution >= 0.6 is 0 Å². The number of rotatable bonds is 0. The van der Waals surface area contributed by atoms with Gasteiger partial charge in [-0.2, -0.15) is 0 Å². The molecule has 0 saturated carbocycles. The van der Waals surface area contributed by atoms with E-state index in [1.165, 1.54) is 0 Å². The zero-order valence-electron chi connectivity index (χ0n) is 18.5. The average Bonchev–Trinajstić information content (AvgIpc) is 2.49. The second kappa shape index (κ2) is 3.97. The van der Waals surface area contributed by atoms with Gasteiger partial charge >= 0.3 is 0 Å². The van der Waals surface area contributed by atoms with E-state index in [1.54, 1.807) is 38.1 Å². The molecule has 0 amide bonds. The van der Waals surface area contributed by atoms with Gasteiger partial charge in [0.2, 0.25) is 0 Å². The molecule has 0 radical (unpaired) electrons. The second-order valence-corrected chi connectivity index (χ2v) is 6.30. The van der Waals surface area contributed by atoms with Gasteiger partial charge < -0.3 is 0 Å². The first-order valence-corrected chi connectivity index (χ1v) is 6.98. The maximum Gasteiger partial charge on any atom is 0.0243 e. The minimum absolute atomic E-state index is 0.580. The van der Waals surface area contributed by atoms with Gasteiger partial charge in [-0.25, -0.2) is 0 Å². The largest absolute Gasteiger partial charge is 0.0619 e. The third kappa shape index (κ3) is 1.60. The SMILES string of the molecule is [2H]C([2H])([2H])C1(C)c2ccccc2C(C)(C([2H])([2H])[2H])c2c(C)cc(C)cc21. The molecule has 20 heavy (non-hydrogen) atoms. The monoisotopic (exact) mass is 270 g/mol. The van der Waals surface area contributed by atoms with Gasteiger partial charge in [0, 0.05) is 19.1 Å². The Morgan fingerprint density at radius 3 is 2.05 bits per heavy atom. The first-order chi connectivity index (χ1) is 11.8. The number of fused-ring (bicyclic) bond motifs is 2. The molecule has 2 aromatic rings. The van der Waals surface area contributed by atoms with Crippen LogP contribution in [0.3, 0.4) is 0 Å². The minimum atomic E-state index is -2.31. The van der Waals surface area contributed by atoms with Crippen LogP contribution < -0.4 is 0 Å². The molecule has 0 nitrogen and oxygen atoms in total. The molecule has 0 N–H and O–H groups in total. The lowest BCUT2D eigenvalue weighted by molar-refractivity contribution is 0.517. The van der Waals surface area contributed by atoms with Crippen molar-refractivity contribution in [2.24, 2.45) is 0 Å². The summed E-state index contributed by atoms with van der Waals surface area (Å²) in [6.45, 7) is 2.61. The molecule has 2 unspecified atom stereocenters. The van der Waals surface area contributed by atoms with Crippen LogP contribution in [0, 0.1) is 13.8 Å². The standard InChI is InChI=1S/C20H24/c1-13-11-14(2)18-17(12-13)19(3,4)15-9-7-8-10-16(15)20(18,5)6/h7-12H,1-6H3/i3D3,5D3. The fourth-order valence-corrected chi connectivity index (χ4v) is 3.66. The third-order valence-corrected chi connectivity index (χ3v) is 4.52. The molecular weight excluding hydrogens is 240 g/mol. The Morgan fingerprint density at radius 2 is 1.45 bits per heavy atom. The summed E-state index contributed by atoms with van der Waals surface area (Å²) in [6, 6.07) is 10.9. The minimum Gasteiger partial charge on any atom is -0.0619 e. The van der Waals surface area contributed by atoms with Gasteiger partial charge in [-0.15, -0.1) is 0 Å². The van der Waals surface area contributed by atoms with Crippen molar-refractivity contribution in [3.05, 3.63) is 69.8 Å². The van der Waals surface area contributed by atoms with E-state index < -0.39 is 24.5 Å². The highest BCUT2D eigenvalue weighted by Crippen LogP contribution is 2.50. The van der Waals surface area contributed by atoms with Crippen molar-refractivity contribution in [2.75, 3.05) is 0 Å². The van der Waals surface area contributed by atoms with Crippen molar-refractivity contribution in [3.63, 3.8) is 0 Å². The summed E-state index contributed by atoms with van der Waals surface area (Å²) in [5.74, 6) is 0. The topological polar surface area (TPSA) is 0 Å². The van der Waals surface area contributed by atoms with Gasteiger partial charge in [0.1, 0.15) is 0 Å². The Balaban J connectivity index is 2.59. The van der Waals surface area contributed by atoms with Gasteiger partial charge in [0.25, 0.3) is 0 Å². The van der Waals surface area contributed by atoms with Crippen LogP contribution in [0.2, 0.25) is 0 Å². The first-order valence-electron chi connectivity index (χ1n) is 9.98. The van der Waals surface area contributed by atoms with E-state index in [0.717, 1.165) is 11.1 Å². The van der Waals surface area contributed by atoms with Crippen molar-refractivity contribution in [2.45, 2.75) is 52.2 Å². The normalized spacial score (nSPS) is 33.6. The zero-order valence-corrected chi connectivity index (χ0v) is 12.5. The Hall–Kier alpha value is -1.56. The van der Waals surface area contributed by atoms with Crippen LogP contribution in [0.25, 0.3) is 0 Å². The van der Waals surface area contributed by atoms with Crippen molar-refractivity contribution < 1.29 is 8.22 Å². The summed E-state index contributed by atoms with van der Waals surface area (Å²) in [7, 11) is 0. The summed E-state index contributed by atoms with van der Waals surface area (Å²) >= 11 is 0. The smallest absolute Gasteiger partial charge is 0.0243 e. The highest BCUT2D eigenvalue weighted by Gasteiger charge is 2.42. The van der Waals surface area contributed by atoms with E-state index in [9.17, 15) is 0 Å². The predicted molar refractivity (Wildman–Crippen MR) is 86.6 cm³/mol. The van der Waals surface area contributed by atoms with Crippen LogP contribution in [-0.4, -0.2) is 0 Å². The van der Waals surface area contributed by atoms with E-state index in [-0.39, 0.29) is 0 Å². The molecule has 2 atom stereocenters. The average molecular weight is 270 g/mol. The molecule has 104 valence electrons. The molecule has 0 spiro atoms. The lowest BCUT2D eigenvalue weighted by Crippen LogP contribution is -2.37. The molecular formula is C20H24. The van der Waals surface area contributed by atoms with Crippen LogP contribution in [0.1, 0.15) is 69.2 Å². The van der Waals surface area contributed by atoms with Crippen LogP contribution in [0.5, 0.6) is 0 Å². The molecule has 0 bridgehead atoms. The van der Waals surface area contributed by atoms with Gasteiger partial charge in [0.05, 0.1) is 0 Å². The van der Waals surface area contributed by atoms with Crippen LogP contribution in [0.4, 0.5) is 0 Å². The fraction of sp³-hybridized carbons (Fsp3) is 0.400. The van der Waals surface area contributed by atoms with Crippen molar-refractivity contribution in [1.82, 2.24) is 0 Å². The molecule has 0 fully saturated rings. The van der Waals surface area contributed by atoms with E-state index in [0.29, 0.717) is 22.3 Å². The lowest BCUT2D eigenvalue weighted by Gasteiger charge is -2.45. The molecule has 0 heteroatoms. The maximum atomic E-state index is 8.31. The molecule has 0 saturated heterocycles. The summed E-state index contributed by atoms with van der Waals surface area (Å²) in [5, 5.41) is 0. The van der Waals surface area contributed by atoms with Crippen LogP contribution in [0.15, 0.2) is 36.4 Å². The molecule has 0 aliphatic heterocycles. The van der Waals surface area contributed by atoms with E-state index in [1.807, 2.05) is 26.0 Å². The molecule has 2 aromatic carbocycles. The zero-order chi connectivity index (χ0) is 19.7. The summed E-state index contributed by atoms with van der Waals surface area (Å²) < 4.78 is 49.9. The predicted octanol–water partition coefficient (Wildman–Crippen LogP) is 5.27. The van der Waals surface area contributed by atoms with Gasteiger partial charge in [-0.3, -0.25) is 0 Å². The van der Waals surface area contributed by atoms with Crippen LogP contribution in [-0.2, 0) is 10.8 Å². The molecule has 3 rings (SSSR count). The number of benzene rings is 2. The maximum absolute atomic E-state index is 8.31. The van der Waals surface area contributed by atoms with Gasteiger partial charge in [0.15, 0.2) is 0 Å². The highest BCUT2D eigenvalue weighted by molar-refractivity contribution is 5.61. The number of hydrogen-bond acceptors (Lipinski definition) is 0. The number of aryl methyl sites for hydroxylation is 2. The van der Waals surface area contributed by atoms with Crippen molar-refractivity contribution in [3.8, 4) is 0 Å². The van der Waals surface area contributed by atoms with E-state index in [4.69, 9.17) is 8.22 Å². The van der Waals surface area contributed by atoms with E-state index in [2.05, 4.69) is 0 Å². The van der Waals surface area contributed by atoms with Gasteiger partial charge in [-0.1, -0.05) is 69.5 Å². The summed E-state index contributed by atoms with van der Waals surface area (Å²) in [5.41, 5.74) is 1.62. The Labute approximate surface area is 131 Å². The Bertz CT molecular complexity index is 877. The quantitative estimate of drug-likeness (QED) is 0.612. The lowest BCUT2D eigenvalue weighted by atomic mass is 9.59.